The Labute approximate surface area is 177 Å². The maximum atomic E-state index is 13.2. The summed E-state index contributed by atoms with van der Waals surface area (Å²) in [6, 6.07) is 12.3. The molecule has 2 aromatic carbocycles. The smallest absolute Gasteiger partial charge is 0.248 e. The van der Waals surface area contributed by atoms with Crippen LogP contribution < -0.4 is 11.1 Å². The van der Waals surface area contributed by atoms with Gasteiger partial charge in [-0.15, -0.1) is 16.8 Å². The summed E-state index contributed by atoms with van der Waals surface area (Å²) in [6.45, 7) is 5.95. The van der Waals surface area contributed by atoms with Gasteiger partial charge in [-0.1, -0.05) is 17.8 Å². The Bertz CT molecular complexity index is 1060. The first-order valence-corrected chi connectivity index (χ1v) is 9.94. The van der Waals surface area contributed by atoms with E-state index in [0.29, 0.717) is 34.3 Å². The molecule has 30 heavy (non-hydrogen) atoms. The molecule has 1 aromatic heterocycles. The van der Waals surface area contributed by atoms with Crippen LogP contribution in [-0.4, -0.2) is 31.8 Å². The topological polar surface area (TPSA) is 103 Å². The largest absolute Gasteiger partial charge is 0.366 e. The fraction of sp³-hybridized carbons (Fsp3) is 0.143. The van der Waals surface area contributed by atoms with Gasteiger partial charge in [-0.05, 0) is 55.5 Å². The Morgan fingerprint density at radius 2 is 1.87 bits per heavy atom. The van der Waals surface area contributed by atoms with Crippen molar-refractivity contribution in [1.82, 2.24) is 14.8 Å². The number of hydrogen-bond acceptors (Lipinski definition) is 5. The van der Waals surface area contributed by atoms with Gasteiger partial charge < -0.3 is 11.1 Å². The highest BCUT2D eigenvalue weighted by Crippen LogP contribution is 2.27. The number of halogens is 1. The van der Waals surface area contributed by atoms with E-state index in [1.165, 1.54) is 23.9 Å². The van der Waals surface area contributed by atoms with Crippen molar-refractivity contribution in [1.29, 1.82) is 0 Å². The maximum Gasteiger partial charge on any atom is 0.248 e. The van der Waals surface area contributed by atoms with Crippen LogP contribution >= 0.6 is 11.8 Å². The average Bonchev–Trinajstić information content (AvgIpc) is 3.11. The quantitative estimate of drug-likeness (QED) is 0.425. The zero-order valence-electron chi connectivity index (χ0n) is 16.2. The molecular weight excluding hydrogens is 405 g/mol. The number of thioether (sulfide) groups is 1. The van der Waals surface area contributed by atoms with E-state index in [0.717, 1.165) is 0 Å². The Morgan fingerprint density at radius 1 is 1.20 bits per heavy atom. The second-order valence-electron chi connectivity index (χ2n) is 6.40. The monoisotopic (exact) mass is 425 g/mol. The summed E-state index contributed by atoms with van der Waals surface area (Å²) in [5.74, 6) is -0.539. The molecule has 1 atom stereocenters. The molecule has 3 N–H and O–H groups in total. The molecule has 0 fully saturated rings. The van der Waals surface area contributed by atoms with Crippen LogP contribution in [0.25, 0.3) is 11.4 Å². The lowest BCUT2D eigenvalue weighted by Crippen LogP contribution is -2.23. The minimum absolute atomic E-state index is 0.233. The molecule has 0 saturated heterocycles. The molecule has 3 aromatic rings. The van der Waals surface area contributed by atoms with Crippen molar-refractivity contribution in [3.8, 4) is 11.4 Å². The van der Waals surface area contributed by atoms with Gasteiger partial charge >= 0.3 is 0 Å². The van der Waals surface area contributed by atoms with Crippen LogP contribution in [0.3, 0.4) is 0 Å². The van der Waals surface area contributed by atoms with E-state index in [-0.39, 0.29) is 11.7 Å². The number of nitrogens with two attached hydrogens (primary N) is 1. The van der Waals surface area contributed by atoms with E-state index in [4.69, 9.17) is 5.73 Å². The number of hydrogen-bond donors (Lipinski definition) is 2. The molecule has 0 saturated carbocycles. The standard InChI is InChI=1S/C21H20FN5O2S/c1-3-12-27-19(15-4-8-16(22)9-5-15)25-26-21(27)30-13(2)20(29)24-17-10-6-14(7-11-17)18(23)28/h3-11,13H,1,12H2,2H3,(H2,23,28)(H,24,29)/t13-/m1/s1. The summed E-state index contributed by atoms with van der Waals surface area (Å²) >= 11 is 1.25. The number of aromatic nitrogens is 3. The summed E-state index contributed by atoms with van der Waals surface area (Å²) < 4.78 is 15.0. The van der Waals surface area contributed by atoms with Gasteiger partial charge in [-0.3, -0.25) is 14.2 Å². The number of amides is 2. The molecule has 0 aliphatic heterocycles. The molecule has 0 bridgehead atoms. The molecule has 0 aliphatic rings. The highest BCUT2D eigenvalue weighted by atomic mass is 32.2. The van der Waals surface area contributed by atoms with Gasteiger partial charge in [0, 0.05) is 23.4 Å². The van der Waals surface area contributed by atoms with Crippen molar-refractivity contribution >= 4 is 29.3 Å². The van der Waals surface area contributed by atoms with Gasteiger partial charge in [0.05, 0.1) is 5.25 Å². The number of allylic oxidation sites excluding steroid dienone is 1. The number of nitrogens with zero attached hydrogens (tertiary/aromatic N) is 3. The van der Waals surface area contributed by atoms with Crippen LogP contribution in [0.5, 0.6) is 0 Å². The molecule has 9 heteroatoms. The number of rotatable bonds is 8. The Balaban J connectivity index is 1.74. The van der Waals surface area contributed by atoms with Gasteiger partial charge in [0.25, 0.3) is 0 Å². The van der Waals surface area contributed by atoms with E-state index in [2.05, 4.69) is 22.1 Å². The zero-order valence-corrected chi connectivity index (χ0v) is 17.0. The van der Waals surface area contributed by atoms with Crippen molar-refractivity contribution in [3.63, 3.8) is 0 Å². The maximum absolute atomic E-state index is 13.2. The normalized spacial score (nSPS) is 11.7. The molecule has 0 radical (unpaired) electrons. The average molecular weight is 425 g/mol. The molecule has 154 valence electrons. The first kappa shape index (κ1) is 21.3. The van der Waals surface area contributed by atoms with Crippen LogP contribution in [0.1, 0.15) is 17.3 Å². The number of benzene rings is 2. The Hall–Kier alpha value is -3.46. The third-order valence-corrected chi connectivity index (χ3v) is 5.30. The van der Waals surface area contributed by atoms with Gasteiger partial charge in [0.1, 0.15) is 5.82 Å². The van der Waals surface area contributed by atoms with E-state index in [1.54, 1.807) is 49.4 Å². The molecule has 0 unspecified atom stereocenters. The van der Waals surface area contributed by atoms with Gasteiger partial charge in [0.2, 0.25) is 11.8 Å². The molecular formula is C21H20FN5O2S. The van der Waals surface area contributed by atoms with Gasteiger partial charge in [-0.2, -0.15) is 0 Å². The number of carbonyl (C=O) groups is 2. The van der Waals surface area contributed by atoms with Crippen molar-refractivity contribution in [3.05, 3.63) is 72.6 Å². The lowest BCUT2D eigenvalue weighted by Gasteiger charge is -2.13. The van der Waals surface area contributed by atoms with Crippen molar-refractivity contribution in [2.45, 2.75) is 23.9 Å². The zero-order chi connectivity index (χ0) is 21.7. The Kier molecular flexibility index (Phi) is 6.63. The summed E-state index contributed by atoms with van der Waals surface area (Å²) in [6.07, 6.45) is 1.70. The van der Waals surface area contributed by atoms with E-state index >= 15 is 0 Å². The summed E-state index contributed by atoms with van der Waals surface area (Å²) in [4.78, 5) is 23.7. The molecule has 0 aliphatic carbocycles. The minimum atomic E-state index is -0.532. The van der Waals surface area contributed by atoms with Crippen molar-refractivity contribution in [2.24, 2.45) is 5.73 Å². The lowest BCUT2D eigenvalue weighted by atomic mass is 10.2. The van der Waals surface area contributed by atoms with E-state index in [9.17, 15) is 14.0 Å². The fourth-order valence-corrected chi connectivity index (χ4v) is 3.51. The highest BCUT2D eigenvalue weighted by molar-refractivity contribution is 8.00. The third-order valence-electron chi connectivity index (χ3n) is 4.22. The summed E-state index contributed by atoms with van der Waals surface area (Å²) in [7, 11) is 0. The minimum Gasteiger partial charge on any atom is -0.366 e. The third kappa shape index (κ3) is 4.93. The predicted octanol–water partition coefficient (Wildman–Crippen LogP) is 3.49. The molecule has 7 nitrogen and oxygen atoms in total. The number of anilines is 1. The van der Waals surface area contributed by atoms with Gasteiger partial charge in [-0.25, -0.2) is 4.39 Å². The number of primary amides is 1. The van der Waals surface area contributed by atoms with Crippen LogP contribution in [0, 0.1) is 5.82 Å². The Morgan fingerprint density at radius 3 is 2.47 bits per heavy atom. The second-order valence-corrected chi connectivity index (χ2v) is 7.71. The molecule has 1 heterocycles. The number of carbonyl (C=O) groups excluding carboxylic acids is 2. The van der Waals surface area contributed by atoms with Gasteiger partial charge in [0.15, 0.2) is 11.0 Å². The molecule has 2 amide bonds. The summed E-state index contributed by atoms with van der Waals surface area (Å²) in [5, 5.41) is 11.3. The van der Waals surface area contributed by atoms with Crippen LogP contribution in [0.2, 0.25) is 0 Å². The van der Waals surface area contributed by atoms with E-state index in [1.807, 2.05) is 4.57 Å². The fourth-order valence-electron chi connectivity index (χ4n) is 2.66. The highest BCUT2D eigenvalue weighted by Gasteiger charge is 2.20. The first-order valence-electron chi connectivity index (χ1n) is 9.06. The molecule has 0 spiro atoms. The lowest BCUT2D eigenvalue weighted by molar-refractivity contribution is -0.115. The first-order chi connectivity index (χ1) is 14.4. The van der Waals surface area contributed by atoms with Crippen LogP contribution in [0.4, 0.5) is 10.1 Å². The summed E-state index contributed by atoms with van der Waals surface area (Å²) in [5.41, 5.74) is 6.85. The molecule has 3 rings (SSSR count). The number of nitrogens with one attached hydrogen (secondary N) is 1. The van der Waals surface area contributed by atoms with E-state index < -0.39 is 11.2 Å². The van der Waals surface area contributed by atoms with Crippen LogP contribution in [-0.2, 0) is 11.3 Å². The van der Waals surface area contributed by atoms with Crippen molar-refractivity contribution < 1.29 is 14.0 Å². The van der Waals surface area contributed by atoms with Crippen LogP contribution in [0.15, 0.2) is 66.3 Å². The predicted molar refractivity (Wildman–Crippen MR) is 115 cm³/mol. The second kappa shape index (κ2) is 9.36. The van der Waals surface area contributed by atoms with Crippen molar-refractivity contribution in [2.75, 3.05) is 5.32 Å². The SMILES string of the molecule is C=CCn1c(S[C@H](C)C(=O)Nc2ccc(C(N)=O)cc2)nnc1-c1ccc(F)cc1.